The van der Waals surface area contributed by atoms with Crippen molar-refractivity contribution in [1.29, 1.82) is 0 Å². The summed E-state index contributed by atoms with van der Waals surface area (Å²) in [7, 11) is 1.76. The van der Waals surface area contributed by atoms with Gasteiger partial charge in [0, 0.05) is 32.5 Å². The molecule has 2 fully saturated rings. The van der Waals surface area contributed by atoms with Crippen LogP contribution in [0, 0.1) is 0 Å². The Bertz CT molecular complexity index is 1060. The summed E-state index contributed by atoms with van der Waals surface area (Å²) in [6.07, 6.45) is 13.3. The SMILES string of the molecule is CCCCOCC1CC(OCCCC)CC(c2ccc(OC)c(Cc3ccc4c(c3)CCC3(CCC3)O4)c2)O1. The van der Waals surface area contributed by atoms with Crippen molar-refractivity contribution < 1.29 is 23.7 Å². The summed E-state index contributed by atoms with van der Waals surface area (Å²) in [5.74, 6) is 2.01. The Hall–Kier alpha value is -2.08. The van der Waals surface area contributed by atoms with Crippen molar-refractivity contribution in [2.75, 3.05) is 26.9 Å². The third-order valence-electron chi connectivity index (χ3n) is 8.79. The van der Waals surface area contributed by atoms with Gasteiger partial charge in [-0.1, -0.05) is 44.9 Å². The molecule has 3 aliphatic rings. The maximum Gasteiger partial charge on any atom is 0.123 e. The molecule has 2 aliphatic heterocycles. The molecule has 1 saturated heterocycles. The molecule has 5 heteroatoms. The van der Waals surface area contributed by atoms with E-state index in [2.05, 4.69) is 50.2 Å². The Morgan fingerprint density at radius 2 is 1.79 bits per heavy atom. The fraction of sp³-hybridized carbons (Fsp3) is 0.647. The molecule has 0 bridgehead atoms. The largest absolute Gasteiger partial charge is 0.496 e. The van der Waals surface area contributed by atoms with Gasteiger partial charge in [-0.3, -0.25) is 0 Å². The van der Waals surface area contributed by atoms with Crippen molar-refractivity contribution in [3.05, 3.63) is 58.7 Å². The summed E-state index contributed by atoms with van der Waals surface area (Å²) in [6.45, 7) is 6.64. The normalized spacial score (nSPS) is 23.6. The molecule has 5 rings (SSSR count). The van der Waals surface area contributed by atoms with E-state index in [0.717, 1.165) is 82.5 Å². The van der Waals surface area contributed by atoms with Gasteiger partial charge in [0.25, 0.3) is 0 Å². The molecule has 0 amide bonds. The Morgan fingerprint density at radius 1 is 0.949 bits per heavy atom. The summed E-state index contributed by atoms with van der Waals surface area (Å²) in [6, 6.07) is 13.3. The molecule has 2 aromatic rings. The first-order valence-electron chi connectivity index (χ1n) is 15.4. The maximum atomic E-state index is 6.62. The molecule has 2 aromatic carbocycles. The number of fused-ring (bicyclic) bond motifs is 1. The van der Waals surface area contributed by atoms with Gasteiger partial charge in [0.2, 0.25) is 0 Å². The van der Waals surface area contributed by atoms with Crippen molar-refractivity contribution in [3.63, 3.8) is 0 Å². The predicted octanol–water partition coefficient (Wildman–Crippen LogP) is 7.76. The van der Waals surface area contributed by atoms with Crippen molar-refractivity contribution in [2.24, 2.45) is 0 Å². The third-order valence-corrected chi connectivity index (χ3v) is 8.79. The molecule has 1 spiro atoms. The van der Waals surface area contributed by atoms with Gasteiger partial charge in [0.15, 0.2) is 0 Å². The number of hydrogen-bond acceptors (Lipinski definition) is 5. The number of aryl methyl sites for hydroxylation is 1. The number of methoxy groups -OCH3 is 1. The van der Waals surface area contributed by atoms with Crippen LogP contribution in [0.4, 0.5) is 0 Å². The highest BCUT2D eigenvalue weighted by Crippen LogP contribution is 2.45. The summed E-state index contributed by atoms with van der Waals surface area (Å²) >= 11 is 0. The second kappa shape index (κ2) is 13.5. The number of hydrogen-bond donors (Lipinski definition) is 0. The smallest absolute Gasteiger partial charge is 0.123 e. The lowest BCUT2D eigenvalue weighted by Crippen LogP contribution is -2.45. The van der Waals surface area contributed by atoms with Gasteiger partial charge in [-0.05, 0) is 85.4 Å². The van der Waals surface area contributed by atoms with Crippen LogP contribution in [0.15, 0.2) is 36.4 Å². The topological polar surface area (TPSA) is 46.2 Å². The summed E-state index contributed by atoms with van der Waals surface area (Å²) in [4.78, 5) is 0. The zero-order valence-electron chi connectivity index (χ0n) is 24.3. The highest BCUT2D eigenvalue weighted by atomic mass is 16.5. The van der Waals surface area contributed by atoms with Crippen LogP contribution in [0.3, 0.4) is 0 Å². The Kier molecular flexibility index (Phi) is 9.86. The molecule has 214 valence electrons. The van der Waals surface area contributed by atoms with Gasteiger partial charge in [-0.25, -0.2) is 0 Å². The molecular weight excluding hydrogens is 488 g/mol. The molecule has 2 heterocycles. The molecule has 39 heavy (non-hydrogen) atoms. The number of ether oxygens (including phenoxy) is 5. The predicted molar refractivity (Wildman–Crippen MR) is 155 cm³/mol. The lowest BCUT2D eigenvalue weighted by molar-refractivity contribution is -0.138. The van der Waals surface area contributed by atoms with Crippen LogP contribution in [0.5, 0.6) is 11.5 Å². The van der Waals surface area contributed by atoms with E-state index in [1.807, 2.05) is 0 Å². The van der Waals surface area contributed by atoms with Gasteiger partial charge in [-0.15, -0.1) is 0 Å². The Labute approximate surface area is 235 Å². The minimum Gasteiger partial charge on any atom is -0.496 e. The molecule has 1 aliphatic carbocycles. The van der Waals surface area contributed by atoms with Crippen molar-refractivity contribution in [2.45, 2.75) is 115 Å². The Balaban J connectivity index is 1.30. The van der Waals surface area contributed by atoms with E-state index in [0.29, 0.717) is 6.61 Å². The minimum absolute atomic E-state index is 0.00888. The highest BCUT2D eigenvalue weighted by Gasteiger charge is 2.41. The van der Waals surface area contributed by atoms with E-state index < -0.39 is 0 Å². The lowest BCUT2D eigenvalue weighted by atomic mass is 9.74. The third kappa shape index (κ3) is 7.17. The van der Waals surface area contributed by atoms with Gasteiger partial charge in [0.1, 0.15) is 17.1 Å². The van der Waals surface area contributed by atoms with Crippen LogP contribution in [0.25, 0.3) is 0 Å². The quantitative estimate of drug-likeness (QED) is 0.245. The van der Waals surface area contributed by atoms with Crippen LogP contribution < -0.4 is 9.47 Å². The summed E-state index contributed by atoms with van der Waals surface area (Å²) in [5.41, 5.74) is 5.15. The highest BCUT2D eigenvalue weighted by molar-refractivity contribution is 5.45. The molecule has 0 aromatic heterocycles. The maximum absolute atomic E-state index is 6.62. The molecule has 0 N–H and O–H groups in total. The molecular formula is C34H48O5. The molecule has 1 saturated carbocycles. The van der Waals surface area contributed by atoms with Gasteiger partial charge >= 0.3 is 0 Å². The van der Waals surface area contributed by atoms with E-state index in [-0.39, 0.29) is 23.9 Å². The fourth-order valence-corrected chi connectivity index (χ4v) is 6.25. The van der Waals surface area contributed by atoms with Crippen molar-refractivity contribution in [3.8, 4) is 11.5 Å². The van der Waals surface area contributed by atoms with Crippen LogP contribution in [-0.2, 0) is 27.1 Å². The Morgan fingerprint density at radius 3 is 2.56 bits per heavy atom. The summed E-state index contributed by atoms with van der Waals surface area (Å²) in [5, 5.41) is 0. The number of unbranched alkanes of at least 4 members (excludes halogenated alkanes) is 2. The van der Waals surface area contributed by atoms with E-state index in [1.54, 1.807) is 7.11 Å². The van der Waals surface area contributed by atoms with Crippen LogP contribution in [0.1, 0.15) is 106 Å². The zero-order valence-corrected chi connectivity index (χ0v) is 24.3. The van der Waals surface area contributed by atoms with Gasteiger partial charge in [0.05, 0.1) is 32.0 Å². The zero-order chi connectivity index (χ0) is 27.1. The molecule has 3 atom stereocenters. The second-order valence-corrected chi connectivity index (χ2v) is 11.8. The second-order valence-electron chi connectivity index (χ2n) is 11.8. The average Bonchev–Trinajstić information content (AvgIpc) is 2.94. The first-order chi connectivity index (χ1) is 19.1. The summed E-state index contributed by atoms with van der Waals surface area (Å²) < 4.78 is 31.1. The average molecular weight is 537 g/mol. The minimum atomic E-state index is -0.00888. The standard InChI is InChI=1S/C34H48O5/c1-4-6-17-36-24-30-22-29(37-18-7-5-2)23-33(38-30)26-10-12-31(35-3)28(21-26)20-25-9-11-32-27(19-25)13-16-34(39-32)14-8-15-34/h9-12,19,21,29-30,33H,4-8,13-18,20,22-24H2,1-3H3. The van der Waals surface area contributed by atoms with E-state index in [1.165, 1.54) is 41.5 Å². The van der Waals surface area contributed by atoms with Crippen LogP contribution in [-0.4, -0.2) is 44.7 Å². The molecule has 5 nitrogen and oxygen atoms in total. The number of benzene rings is 2. The fourth-order valence-electron chi connectivity index (χ4n) is 6.25. The van der Waals surface area contributed by atoms with Crippen LogP contribution in [0.2, 0.25) is 0 Å². The first kappa shape index (κ1) is 28.4. The van der Waals surface area contributed by atoms with Crippen molar-refractivity contribution >= 4 is 0 Å². The molecule has 0 radical (unpaired) electrons. The first-order valence-corrected chi connectivity index (χ1v) is 15.4. The van der Waals surface area contributed by atoms with Gasteiger partial charge in [-0.2, -0.15) is 0 Å². The van der Waals surface area contributed by atoms with Crippen molar-refractivity contribution in [1.82, 2.24) is 0 Å². The van der Waals surface area contributed by atoms with Gasteiger partial charge < -0.3 is 23.7 Å². The lowest BCUT2D eigenvalue weighted by Gasteiger charge is -2.45. The van der Waals surface area contributed by atoms with E-state index in [4.69, 9.17) is 23.7 Å². The van der Waals surface area contributed by atoms with Crippen LogP contribution >= 0.6 is 0 Å². The van der Waals surface area contributed by atoms with E-state index in [9.17, 15) is 0 Å². The monoisotopic (exact) mass is 536 g/mol. The molecule has 3 unspecified atom stereocenters. The van der Waals surface area contributed by atoms with E-state index >= 15 is 0 Å². The number of rotatable bonds is 13.